The van der Waals surface area contributed by atoms with Gasteiger partial charge in [-0.1, -0.05) is 12.1 Å². The molecule has 0 aromatic heterocycles. The highest BCUT2D eigenvalue weighted by Crippen LogP contribution is 2.28. The fraction of sp³-hybridized carbons (Fsp3) is 0.385. The third-order valence-electron chi connectivity index (χ3n) is 3.13. The Hall–Kier alpha value is -2.08. The Labute approximate surface area is 110 Å². The average molecular weight is 265 g/mol. The first-order chi connectivity index (χ1) is 9.08. The van der Waals surface area contributed by atoms with Crippen LogP contribution < -0.4 is 10.1 Å². The number of ether oxygens (including phenoxy) is 2. The summed E-state index contributed by atoms with van der Waals surface area (Å²) < 4.78 is 9.92. The normalized spacial score (nSPS) is 16.3. The van der Waals surface area contributed by atoms with Crippen molar-refractivity contribution in [2.45, 2.75) is 6.54 Å². The maximum absolute atomic E-state index is 11.9. The molecule has 1 aliphatic heterocycles. The molecule has 1 aromatic carbocycles. The van der Waals surface area contributed by atoms with Gasteiger partial charge in [-0.15, -0.1) is 0 Å². The quantitative estimate of drug-likeness (QED) is 0.753. The van der Waals surface area contributed by atoms with E-state index in [0.29, 0.717) is 5.75 Å². The molecule has 1 saturated heterocycles. The molecular weight excluding hydrogens is 250 g/mol. The highest BCUT2D eigenvalue weighted by atomic mass is 16.5. The lowest BCUT2D eigenvalue weighted by Gasteiger charge is -2.35. The van der Waals surface area contributed by atoms with Crippen molar-refractivity contribution in [2.75, 3.05) is 20.3 Å². The van der Waals surface area contributed by atoms with Gasteiger partial charge in [0.25, 0.3) is 0 Å². The summed E-state index contributed by atoms with van der Waals surface area (Å²) in [6, 6.07) is 7.21. The Morgan fingerprint density at radius 2 is 2.21 bits per heavy atom. The lowest BCUT2D eigenvalue weighted by Crippen LogP contribution is -2.58. The molecule has 1 amide bonds. The van der Waals surface area contributed by atoms with Crippen molar-refractivity contribution in [3.05, 3.63) is 29.8 Å². The van der Waals surface area contributed by atoms with E-state index in [0.717, 1.165) is 5.56 Å². The molecule has 0 bridgehead atoms. The topological polar surface area (TPSA) is 84.9 Å². The van der Waals surface area contributed by atoms with Crippen LogP contribution >= 0.6 is 0 Å². The zero-order chi connectivity index (χ0) is 13.9. The average Bonchev–Trinajstić information content (AvgIpc) is 2.34. The van der Waals surface area contributed by atoms with Crippen molar-refractivity contribution >= 4 is 11.9 Å². The Kier molecular flexibility index (Phi) is 3.71. The number of benzene rings is 1. The molecule has 1 heterocycles. The van der Waals surface area contributed by atoms with E-state index >= 15 is 0 Å². The lowest BCUT2D eigenvalue weighted by molar-refractivity contribution is -0.185. The number of carbonyl (C=O) groups excluding carboxylic acids is 1. The van der Waals surface area contributed by atoms with Crippen LogP contribution in [0, 0.1) is 5.41 Å². The second kappa shape index (κ2) is 5.27. The van der Waals surface area contributed by atoms with E-state index in [2.05, 4.69) is 5.32 Å². The molecule has 1 aromatic rings. The van der Waals surface area contributed by atoms with Crippen molar-refractivity contribution < 1.29 is 24.2 Å². The first-order valence-corrected chi connectivity index (χ1v) is 5.81. The maximum atomic E-state index is 11.9. The third-order valence-corrected chi connectivity index (χ3v) is 3.13. The number of carbonyl (C=O) groups is 2. The minimum absolute atomic E-state index is 0.0771. The van der Waals surface area contributed by atoms with Crippen LogP contribution in [0.25, 0.3) is 0 Å². The van der Waals surface area contributed by atoms with Crippen LogP contribution in [0.3, 0.4) is 0 Å². The standard InChI is InChI=1S/C13H15NO5/c1-18-10-4-2-3-9(5-10)6-14-11(15)13(12(16)17)7-19-8-13/h2-5H,6-8H2,1H3,(H,14,15)(H,16,17). The van der Waals surface area contributed by atoms with Gasteiger partial charge in [0.05, 0.1) is 20.3 Å². The van der Waals surface area contributed by atoms with E-state index in [1.54, 1.807) is 25.3 Å². The molecule has 2 N–H and O–H groups in total. The van der Waals surface area contributed by atoms with Gasteiger partial charge >= 0.3 is 5.97 Å². The van der Waals surface area contributed by atoms with Crippen LogP contribution in [0.4, 0.5) is 0 Å². The van der Waals surface area contributed by atoms with Gasteiger partial charge in [-0.05, 0) is 17.7 Å². The van der Waals surface area contributed by atoms with Gasteiger partial charge in [0.1, 0.15) is 5.75 Å². The molecule has 0 unspecified atom stereocenters. The van der Waals surface area contributed by atoms with Gasteiger partial charge in [-0.2, -0.15) is 0 Å². The molecule has 102 valence electrons. The third kappa shape index (κ3) is 2.53. The summed E-state index contributed by atoms with van der Waals surface area (Å²) >= 11 is 0. The van der Waals surface area contributed by atoms with E-state index in [1.807, 2.05) is 6.07 Å². The second-order valence-electron chi connectivity index (χ2n) is 4.41. The van der Waals surface area contributed by atoms with Crippen LogP contribution in [0.5, 0.6) is 5.75 Å². The number of carboxylic acid groups (broad SMARTS) is 1. The van der Waals surface area contributed by atoms with Gasteiger partial charge in [-0.3, -0.25) is 9.59 Å². The SMILES string of the molecule is COc1cccc(CNC(=O)C2(C(=O)O)COC2)c1. The van der Waals surface area contributed by atoms with Gasteiger partial charge < -0.3 is 19.9 Å². The van der Waals surface area contributed by atoms with E-state index in [9.17, 15) is 9.59 Å². The van der Waals surface area contributed by atoms with E-state index in [4.69, 9.17) is 14.6 Å². The molecule has 6 nitrogen and oxygen atoms in total. The molecule has 0 aliphatic carbocycles. The molecule has 2 rings (SSSR count). The van der Waals surface area contributed by atoms with Crippen molar-refractivity contribution in [3.63, 3.8) is 0 Å². The number of carboxylic acids is 1. The summed E-state index contributed by atoms with van der Waals surface area (Å²) in [5.41, 5.74) is -0.590. The molecule has 1 fully saturated rings. The lowest BCUT2D eigenvalue weighted by atomic mass is 9.85. The number of rotatable bonds is 5. The van der Waals surface area contributed by atoms with E-state index in [1.165, 1.54) is 0 Å². The number of nitrogens with one attached hydrogen (secondary N) is 1. The molecule has 6 heteroatoms. The van der Waals surface area contributed by atoms with Crippen molar-refractivity contribution in [1.82, 2.24) is 5.32 Å². The zero-order valence-electron chi connectivity index (χ0n) is 10.5. The summed E-state index contributed by atoms with van der Waals surface area (Å²) in [6.07, 6.45) is 0. The van der Waals surface area contributed by atoms with Gasteiger partial charge in [0.15, 0.2) is 5.41 Å². The fourth-order valence-electron chi connectivity index (χ4n) is 1.79. The minimum atomic E-state index is -1.43. The zero-order valence-corrected chi connectivity index (χ0v) is 10.5. The minimum Gasteiger partial charge on any atom is -0.497 e. The Morgan fingerprint density at radius 3 is 2.74 bits per heavy atom. The fourth-order valence-corrected chi connectivity index (χ4v) is 1.79. The first kappa shape index (κ1) is 13.4. The van der Waals surface area contributed by atoms with Crippen molar-refractivity contribution in [2.24, 2.45) is 5.41 Å². The van der Waals surface area contributed by atoms with Crippen LogP contribution in [0.1, 0.15) is 5.56 Å². The number of methoxy groups -OCH3 is 1. The van der Waals surface area contributed by atoms with Gasteiger partial charge in [0, 0.05) is 6.54 Å². The summed E-state index contributed by atoms with van der Waals surface area (Å²) in [4.78, 5) is 23.0. The summed E-state index contributed by atoms with van der Waals surface area (Å²) in [5.74, 6) is -0.984. The van der Waals surface area contributed by atoms with Crippen LogP contribution in [0.2, 0.25) is 0 Å². The van der Waals surface area contributed by atoms with E-state index in [-0.39, 0.29) is 19.8 Å². The maximum Gasteiger partial charge on any atom is 0.324 e. The monoisotopic (exact) mass is 265 g/mol. The summed E-state index contributed by atoms with van der Waals surface area (Å²) in [6.45, 7) is 0.101. The predicted molar refractivity (Wildman–Crippen MR) is 65.7 cm³/mol. The van der Waals surface area contributed by atoms with Crippen molar-refractivity contribution in [1.29, 1.82) is 0 Å². The Balaban J connectivity index is 1.98. The molecule has 0 spiro atoms. The Bertz CT molecular complexity index is 496. The second-order valence-corrected chi connectivity index (χ2v) is 4.41. The molecule has 0 radical (unpaired) electrons. The number of aliphatic carboxylic acids is 1. The summed E-state index contributed by atoms with van der Waals surface area (Å²) in [7, 11) is 1.56. The number of hydrogen-bond acceptors (Lipinski definition) is 4. The predicted octanol–water partition coefficient (Wildman–Crippen LogP) is 0.413. The van der Waals surface area contributed by atoms with Crippen LogP contribution in [-0.4, -0.2) is 37.3 Å². The molecule has 1 aliphatic rings. The smallest absolute Gasteiger partial charge is 0.324 e. The van der Waals surface area contributed by atoms with Crippen LogP contribution in [-0.2, 0) is 20.9 Å². The Morgan fingerprint density at radius 1 is 1.47 bits per heavy atom. The molecular formula is C13H15NO5. The van der Waals surface area contributed by atoms with Crippen LogP contribution in [0.15, 0.2) is 24.3 Å². The first-order valence-electron chi connectivity index (χ1n) is 5.81. The summed E-state index contributed by atoms with van der Waals surface area (Å²) in [5, 5.41) is 11.7. The number of hydrogen-bond donors (Lipinski definition) is 2. The molecule has 0 atom stereocenters. The van der Waals surface area contributed by atoms with Gasteiger partial charge in [-0.25, -0.2) is 0 Å². The molecule has 19 heavy (non-hydrogen) atoms. The highest BCUT2D eigenvalue weighted by molar-refractivity contribution is 6.03. The highest BCUT2D eigenvalue weighted by Gasteiger charge is 2.53. The molecule has 0 saturated carbocycles. The van der Waals surface area contributed by atoms with E-state index < -0.39 is 17.3 Å². The largest absolute Gasteiger partial charge is 0.497 e. The van der Waals surface area contributed by atoms with Gasteiger partial charge in [0.2, 0.25) is 5.91 Å². The number of amides is 1. The van der Waals surface area contributed by atoms with Crippen molar-refractivity contribution in [3.8, 4) is 5.75 Å².